The van der Waals surface area contributed by atoms with E-state index in [1.54, 1.807) is 48.0 Å². The van der Waals surface area contributed by atoms with Gasteiger partial charge in [-0.1, -0.05) is 6.92 Å². The molecule has 0 spiro atoms. The van der Waals surface area contributed by atoms with E-state index in [4.69, 9.17) is 4.74 Å². The molecule has 1 saturated heterocycles. The quantitative estimate of drug-likeness (QED) is 0.286. The first-order chi connectivity index (χ1) is 19.6. The highest BCUT2D eigenvalue weighted by Gasteiger charge is 2.31. The molecule has 0 radical (unpaired) electrons. The fourth-order valence-electron chi connectivity index (χ4n) is 4.87. The first kappa shape index (κ1) is 28.4. The number of likely N-dealkylation sites (N-methyl/N-ethyl adjacent to an activating group) is 1. The molecule has 0 aliphatic carbocycles. The van der Waals surface area contributed by atoms with Crippen LogP contribution in [0.4, 0.5) is 30.6 Å². The number of imidazole rings is 1. The topological polar surface area (TPSA) is 87.6 Å². The Kier molecular flexibility index (Phi) is 8.13. The van der Waals surface area contributed by atoms with E-state index in [9.17, 15) is 18.0 Å². The zero-order valence-electron chi connectivity index (χ0n) is 23.1. The van der Waals surface area contributed by atoms with Crippen LogP contribution in [0.3, 0.4) is 0 Å². The number of anilines is 3. The molecular formula is C29H32F3N7O2. The number of alkyl halides is 3. The van der Waals surface area contributed by atoms with Gasteiger partial charge in [-0.05, 0) is 48.5 Å². The lowest BCUT2D eigenvalue weighted by Crippen LogP contribution is -2.45. The largest absolute Gasteiger partial charge is 0.457 e. The van der Waals surface area contributed by atoms with Gasteiger partial charge in [0.25, 0.3) is 0 Å². The van der Waals surface area contributed by atoms with Crippen LogP contribution in [0.2, 0.25) is 0 Å². The molecule has 1 amide bonds. The summed E-state index contributed by atoms with van der Waals surface area (Å²) in [5, 5.41) is 5.71. The molecule has 5 rings (SSSR count). The van der Waals surface area contributed by atoms with Crippen LogP contribution in [0.5, 0.6) is 11.5 Å². The number of nitrogens with one attached hydrogen (secondary N) is 2. The molecule has 1 aliphatic heterocycles. The maximum Gasteiger partial charge on any atom is 0.416 e. The van der Waals surface area contributed by atoms with Crippen molar-refractivity contribution in [1.82, 2.24) is 24.3 Å². The van der Waals surface area contributed by atoms with E-state index in [1.165, 1.54) is 19.2 Å². The van der Waals surface area contributed by atoms with Crippen LogP contribution in [0, 0.1) is 0 Å². The lowest BCUT2D eigenvalue weighted by atomic mass is 10.1. The maximum atomic E-state index is 13.8. The lowest BCUT2D eigenvalue weighted by molar-refractivity contribution is -0.137. The normalized spacial score (nSPS) is 14.8. The van der Waals surface area contributed by atoms with Gasteiger partial charge in [-0.3, -0.25) is 9.69 Å². The van der Waals surface area contributed by atoms with Crippen LogP contribution in [0.25, 0.3) is 11.0 Å². The summed E-state index contributed by atoms with van der Waals surface area (Å²) in [5.41, 5.74) is 1.59. The van der Waals surface area contributed by atoms with Crippen LogP contribution in [0.1, 0.15) is 25.0 Å². The Balaban J connectivity index is 1.37. The minimum absolute atomic E-state index is 0.242. The van der Waals surface area contributed by atoms with Crippen molar-refractivity contribution in [2.45, 2.75) is 26.6 Å². The maximum absolute atomic E-state index is 13.8. The Hall–Kier alpha value is -4.16. The van der Waals surface area contributed by atoms with Crippen LogP contribution >= 0.6 is 0 Å². The van der Waals surface area contributed by atoms with Crippen LogP contribution < -0.4 is 15.4 Å². The summed E-state index contributed by atoms with van der Waals surface area (Å²) in [6.07, 6.45) is -2.95. The molecular weight excluding hydrogens is 535 g/mol. The molecule has 9 nitrogen and oxygen atoms in total. The number of pyridine rings is 1. The van der Waals surface area contributed by atoms with E-state index in [0.717, 1.165) is 44.3 Å². The summed E-state index contributed by atoms with van der Waals surface area (Å²) in [7, 11) is 1.78. The van der Waals surface area contributed by atoms with Gasteiger partial charge < -0.3 is 24.8 Å². The standard InChI is InChI=1S/C29H32F3N7O2/c1-4-38-9-11-39(12-10-38)18-20-13-21(29(30,31)32)15-22(14-20)35-28-36-25-6-5-23(16-26(25)37(28)3)41-24-7-8-33-27(17-24)34-19(2)40/h5-8,13-17H,4,9-12,18H2,1-3H3,(H,35,36)(H,33,34,40). The van der Waals surface area contributed by atoms with Crippen molar-refractivity contribution in [3.05, 3.63) is 65.9 Å². The van der Waals surface area contributed by atoms with Crippen molar-refractivity contribution in [2.75, 3.05) is 43.4 Å². The number of piperazine rings is 1. The molecule has 1 fully saturated rings. The number of fused-ring (bicyclic) bond motifs is 1. The van der Waals surface area contributed by atoms with Crippen LogP contribution in [-0.4, -0.2) is 63.0 Å². The lowest BCUT2D eigenvalue weighted by Gasteiger charge is -2.34. The monoisotopic (exact) mass is 567 g/mol. The van der Waals surface area contributed by atoms with E-state index in [0.29, 0.717) is 46.6 Å². The molecule has 4 aromatic rings. The van der Waals surface area contributed by atoms with Crippen molar-refractivity contribution in [3.63, 3.8) is 0 Å². The predicted molar refractivity (Wildman–Crippen MR) is 151 cm³/mol. The second-order valence-electron chi connectivity index (χ2n) is 10.1. The number of carbonyl (C=O) groups is 1. The van der Waals surface area contributed by atoms with Crippen molar-refractivity contribution in [3.8, 4) is 11.5 Å². The third-order valence-corrected chi connectivity index (χ3v) is 7.02. The van der Waals surface area contributed by atoms with Crippen LogP contribution in [-0.2, 0) is 24.6 Å². The summed E-state index contributed by atoms with van der Waals surface area (Å²) in [4.78, 5) is 24.5. The zero-order valence-corrected chi connectivity index (χ0v) is 23.1. The average molecular weight is 568 g/mol. The van der Waals surface area contributed by atoms with Gasteiger partial charge in [0.15, 0.2) is 0 Å². The van der Waals surface area contributed by atoms with Gasteiger partial charge in [-0.15, -0.1) is 0 Å². The fourth-order valence-corrected chi connectivity index (χ4v) is 4.87. The molecule has 0 atom stereocenters. The highest BCUT2D eigenvalue weighted by molar-refractivity contribution is 5.87. The molecule has 41 heavy (non-hydrogen) atoms. The van der Waals surface area contributed by atoms with Crippen molar-refractivity contribution >= 4 is 34.4 Å². The summed E-state index contributed by atoms with van der Waals surface area (Å²) >= 11 is 0. The predicted octanol–water partition coefficient (Wildman–Crippen LogP) is 5.62. The third-order valence-electron chi connectivity index (χ3n) is 7.02. The highest BCUT2D eigenvalue weighted by Crippen LogP contribution is 2.34. The van der Waals surface area contributed by atoms with Crippen molar-refractivity contribution < 1.29 is 22.7 Å². The van der Waals surface area contributed by atoms with Gasteiger partial charge in [-0.2, -0.15) is 13.2 Å². The number of aryl methyl sites for hydroxylation is 1. The Morgan fingerprint density at radius 3 is 2.44 bits per heavy atom. The smallest absolute Gasteiger partial charge is 0.416 e. The number of nitrogens with zero attached hydrogens (tertiary/aromatic N) is 5. The Morgan fingerprint density at radius 2 is 1.73 bits per heavy atom. The Bertz CT molecular complexity index is 1550. The molecule has 3 heterocycles. The highest BCUT2D eigenvalue weighted by atomic mass is 19.4. The molecule has 2 aromatic heterocycles. The van der Waals surface area contributed by atoms with Crippen LogP contribution in [0.15, 0.2) is 54.7 Å². The number of amides is 1. The molecule has 1 aliphatic rings. The minimum atomic E-state index is -4.47. The van der Waals surface area contributed by atoms with E-state index in [1.807, 2.05) is 0 Å². The Morgan fingerprint density at radius 1 is 1.00 bits per heavy atom. The zero-order chi connectivity index (χ0) is 29.1. The molecule has 12 heteroatoms. The summed E-state index contributed by atoms with van der Waals surface area (Å²) in [6, 6.07) is 12.7. The van der Waals surface area contributed by atoms with Gasteiger partial charge in [0, 0.05) is 70.7 Å². The van der Waals surface area contributed by atoms with E-state index < -0.39 is 11.7 Å². The number of aromatic nitrogens is 3. The van der Waals surface area contributed by atoms with E-state index >= 15 is 0 Å². The summed E-state index contributed by atoms with van der Waals surface area (Å²) < 4.78 is 49.2. The number of halogens is 3. The third kappa shape index (κ3) is 6.95. The first-order valence-electron chi connectivity index (χ1n) is 13.4. The van der Waals surface area contributed by atoms with Gasteiger partial charge in [0.1, 0.15) is 17.3 Å². The number of rotatable bonds is 8. The number of benzene rings is 2. The molecule has 0 bridgehead atoms. The summed E-state index contributed by atoms with van der Waals surface area (Å²) in [6.45, 7) is 8.37. The number of hydrogen-bond donors (Lipinski definition) is 2. The molecule has 0 saturated carbocycles. The van der Waals surface area contributed by atoms with Gasteiger partial charge in [0.2, 0.25) is 11.9 Å². The fraction of sp³-hybridized carbons (Fsp3) is 0.345. The van der Waals surface area contributed by atoms with E-state index in [2.05, 4.69) is 37.3 Å². The number of ether oxygens (including phenoxy) is 1. The van der Waals surface area contributed by atoms with E-state index in [-0.39, 0.29) is 5.91 Å². The average Bonchev–Trinajstić information content (AvgIpc) is 3.22. The van der Waals surface area contributed by atoms with Crippen molar-refractivity contribution in [2.24, 2.45) is 7.05 Å². The molecule has 2 aromatic carbocycles. The van der Waals surface area contributed by atoms with Crippen molar-refractivity contribution in [1.29, 1.82) is 0 Å². The number of carbonyl (C=O) groups excluding carboxylic acids is 1. The number of hydrogen-bond acceptors (Lipinski definition) is 7. The molecule has 216 valence electrons. The SMILES string of the molecule is CCN1CCN(Cc2cc(Nc3nc4ccc(Oc5ccnc(NC(C)=O)c5)cc4n3C)cc(C(F)(F)F)c2)CC1. The Labute approximate surface area is 235 Å². The molecule has 0 unspecified atom stereocenters. The second-order valence-corrected chi connectivity index (χ2v) is 10.1. The summed E-state index contributed by atoms with van der Waals surface area (Å²) in [5.74, 6) is 1.53. The second kappa shape index (κ2) is 11.8. The molecule has 2 N–H and O–H groups in total. The minimum Gasteiger partial charge on any atom is -0.457 e. The van der Waals surface area contributed by atoms with Gasteiger partial charge in [0.05, 0.1) is 16.6 Å². The van der Waals surface area contributed by atoms with Gasteiger partial charge >= 0.3 is 6.18 Å². The first-order valence-corrected chi connectivity index (χ1v) is 13.4. The van der Waals surface area contributed by atoms with Gasteiger partial charge in [-0.25, -0.2) is 9.97 Å².